The van der Waals surface area contributed by atoms with E-state index in [-0.39, 0.29) is 18.6 Å². The first-order chi connectivity index (χ1) is 14.1. The van der Waals surface area contributed by atoms with Crippen LogP contribution in [0.1, 0.15) is 51.7 Å². The maximum atomic E-state index is 13.9. The van der Waals surface area contributed by atoms with E-state index in [9.17, 15) is 14.4 Å². The molecule has 1 heterocycles. The molecule has 0 radical (unpaired) electrons. The van der Waals surface area contributed by atoms with E-state index >= 15 is 0 Å². The number of nitrogens with zero attached hydrogens (tertiary/aromatic N) is 1. The minimum Gasteiger partial charge on any atom is -0.497 e. The van der Waals surface area contributed by atoms with Gasteiger partial charge in [0, 0.05) is 12.0 Å². The zero-order chi connectivity index (χ0) is 22.1. The van der Waals surface area contributed by atoms with Crippen molar-refractivity contribution in [1.29, 1.82) is 0 Å². The number of hydrogen-bond acceptors (Lipinski definition) is 5. The third kappa shape index (κ3) is 3.82. The van der Waals surface area contributed by atoms with Crippen LogP contribution in [0.2, 0.25) is 0 Å². The Hall–Kier alpha value is -3.15. The Balaban J connectivity index is 2.25. The Morgan fingerprint density at radius 3 is 2.30 bits per heavy atom. The fourth-order valence-corrected chi connectivity index (χ4v) is 3.83. The second-order valence-corrected chi connectivity index (χ2v) is 8.48. The fourth-order valence-electron chi connectivity index (χ4n) is 3.83. The van der Waals surface area contributed by atoms with Crippen LogP contribution in [0.5, 0.6) is 5.75 Å². The molecule has 0 spiro atoms. The maximum absolute atomic E-state index is 13.9. The highest BCUT2D eigenvalue weighted by molar-refractivity contribution is 6.22. The van der Waals surface area contributed by atoms with Gasteiger partial charge in [0.05, 0.1) is 12.8 Å². The number of hydrogen-bond donors (Lipinski definition) is 0. The van der Waals surface area contributed by atoms with Crippen molar-refractivity contribution in [3.05, 3.63) is 59.7 Å². The summed E-state index contributed by atoms with van der Waals surface area (Å²) in [6.45, 7) is 6.75. The molecule has 6 heteroatoms. The largest absolute Gasteiger partial charge is 0.497 e. The molecular weight excluding hydrogens is 382 g/mol. The molecule has 158 valence electrons. The van der Waals surface area contributed by atoms with Crippen molar-refractivity contribution in [2.24, 2.45) is 0 Å². The Morgan fingerprint density at radius 1 is 1.07 bits per heavy atom. The van der Waals surface area contributed by atoms with Gasteiger partial charge in [-0.05, 0) is 57.9 Å². The number of methoxy groups -OCH3 is 1. The molecule has 30 heavy (non-hydrogen) atoms. The SMILES string of the molecule is COc1ccc2c(c1)[C@@](CCC(C)=O)(c1ccccc1)C(=O)N2C(=O)OC(C)(C)C. The number of fused-ring (bicyclic) bond motifs is 1. The first-order valence-corrected chi connectivity index (χ1v) is 9.91. The highest BCUT2D eigenvalue weighted by Crippen LogP contribution is 2.50. The van der Waals surface area contributed by atoms with Crippen LogP contribution in [0.25, 0.3) is 0 Å². The summed E-state index contributed by atoms with van der Waals surface area (Å²) in [5, 5.41) is 0. The number of ketones is 1. The Labute approximate surface area is 176 Å². The molecule has 0 fully saturated rings. The van der Waals surface area contributed by atoms with Crippen molar-refractivity contribution in [3.8, 4) is 5.75 Å². The quantitative estimate of drug-likeness (QED) is 0.720. The van der Waals surface area contributed by atoms with E-state index in [2.05, 4.69) is 0 Å². The van der Waals surface area contributed by atoms with E-state index in [4.69, 9.17) is 9.47 Å². The first-order valence-electron chi connectivity index (χ1n) is 9.91. The van der Waals surface area contributed by atoms with E-state index in [0.29, 0.717) is 17.0 Å². The van der Waals surface area contributed by atoms with Crippen molar-refractivity contribution in [3.63, 3.8) is 0 Å². The monoisotopic (exact) mass is 409 g/mol. The van der Waals surface area contributed by atoms with Crippen LogP contribution in [0.4, 0.5) is 10.5 Å². The lowest BCUT2D eigenvalue weighted by molar-refractivity contribution is -0.122. The highest BCUT2D eigenvalue weighted by Gasteiger charge is 2.54. The van der Waals surface area contributed by atoms with Crippen LogP contribution in [0, 0.1) is 0 Å². The van der Waals surface area contributed by atoms with Crippen molar-refractivity contribution in [2.75, 3.05) is 12.0 Å². The normalized spacial score (nSPS) is 18.2. The van der Waals surface area contributed by atoms with Gasteiger partial charge in [0.15, 0.2) is 0 Å². The molecule has 1 aliphatic rings. The molecule has 0 aliphatic carbocycles. The van der Waals surface area contributed by atoms with Gasteiger partial charge in [0.1, 0.15) is 22.5 Å². The highest BCUT2D eigenvalue weighted by atomic mass is 16.6. The Morgan fingerprint density at radius 2 is 1.73 bits per heavy atom. The minimum atomic E-state index is -1.19. The smallest absolute Gasteiger partial charge is 0.421 e. The van der Waals surface area contributed by atoms with Crippen molar-refractivity contribution in [1.82, 2.24) is 0 Å². The molecule has 3 rings (SSSR count). The molecule has 0 aromatic heterocycles. The van der Waals surface area contributed by atoms with Gasteiger partial charge in [-0.15, -0.1) is 0 Å². The molecule has 1 atom stereocenters. The van der Waals surface area contributed by atoms with E-state index in [1.807, 2.05) is 30.3 Å². The van der Waals surface area contributed by atoms with Crippen LogP contribution < -0.4 is 9.64 Å². The maximum Gasteiger partial charge on any atom is 0.421 e. The van der Waals surface area contributed by atoms with Gasteiger partial charge in [0.2, 0.25) is 0 Å². The summed E-state index contributed by atoms with van der Waals surface area (Å²) in [7, 11) is 1.55. The van der Waals surface area contributed by atoms with E-state index in [0.717, 1.165) is 10.5 Å². The second-order valence-electron chi connectivity index (χ2n) is 8.48. The van der Waals surface area contributed by atoms with Crippen molar-refractivity contribution < 1.29 is 23.9 Å². The standard InChI is InChI=1S/C24H27NO5/c1-16(26)13-14-24(17-9-7-6-8-10-17)19-15-18(29-5)11-12-20(19)25(21(24)27)22(28)30-23(2,3)4/h6-12,15H,13-14H2,1-5H3/t24-/m1/s1. The van der Waals surface area contributed by atoms with Gasteiger partial charge in [-0.1, -0.05) is 30.3 Å². The molecule has 0 saturated carbocycles. The molecule has 2 aromatic rings. The Bertz CT molecular complexity index is 977. The Kier molecular flexibility index (Phi) is 5.70. The predicted octanol–water partition coefficient (Wildman–Crippen LogP) is 4.63. The molecular formula is C24H27NO5. The number of Topliss-reactive ketones (excluding diaryl/α,β-unsaturated/α-hetero) is 1. The molecule has 0 bridgehead atoms. The summed E-state index contributed by atoms with van der Waals surface area (Å²) in [5.41, 5.74) is -0.154. The van der Waals surface area contributed by atoms with Crippen molar-refractivity contribution >= 4 is 23.5 Å². The summed E-state index contributed by atoms with van der Waals surface area (Å²) >= 11 is 0. The lowest BCUT2D eigenvalue weighted by Gasteiger charge is -2.29. The summed E-state index contributed by atoms with van der Waals surface area (Å²) < 4.78 is 10.9. The molecule has 0 unspecified atom stereocenters. The average molecular weight is 409 g/mol. The van der Waals surface area contributed by atoms with Crippen LogP contribution in [0.3, 0.4) is 0 Å². The van der Waals surface area contributed by atoms with E-state index < -0.39 is 23.0 Å². The first kappa shape index (κ1) is 21.6. The second kappa shape index (κ2) is 7.94. The lowest BCUT2D eigenvalue weighted by atomic mass is 9.71. The zero-order valence-electron chi connectivity index (χ0n) is 18.0. The molecule has 0 saturated heterocycles. The van der Waals surface area contributed by atoms with Crippen molar-refractivity contribution in [2.45, 2.75) is 51.6 Å². The van der Waals surface area contributed by atoms with Crippen LogP contribution in [-0.4, -0.2) is 30.5 Å². The third-order valence-electron chi connectivity index (χ3n) is 5.17. The van der Waals surface area contributed by atoms with Gasteiger partial charge < -0.3 is 14.3 Å². The van der Waals surface area contributed by atoms with Crippen LogP contribution in [-0.2, 0) is 19.7 Å². The van der Waals surface area contributed by atoms with Gasteiger partial charge >= 0.3 is 6.09 Å². The van der Waals surface area contributed by atoms with E-state index in [1.54, 1.807) is 46.1 Å². The molecule has 2 aromatic carbocycles. The van der Waals surface area contributed by atoms with E-state index in [1.165, 1.54) is 6.92 Å². The van der Waals surface area contributed by atoms with Crippen LogP contribution in [0.15, 0.2) is 48.5 Å². The molecule has 6 nitrogen and oxygen atoms in total. The topological polar surface area (TPSA) is 72.9 Å². The number of amides is 2. The van der Waals surface area contributed by atoms with Gasteiger partial charge in [-0.3, -0.25) is 4.79 Å². The summed E-state index contributed by atoms with van der Waals surface area (Å²) in [6.07, 6.45) is -0.302. The average Bonchev–Trinajstić information content (AvgIpc) is 2.93. The van der Waals surface area contributed by atoms with Gasteiger partial charge in [-0.25, -0.2) is 9.69 Å². The fraction of sp³-hybridized carbons (Fsp3) is 0.375. The van der Waals surface area contributed by atoms with Gasteiger partial charge in [-0.2, -0.15) is 0 Å². The third-order valence-corrected chi connectivity index (χ3v) is 5.17. The number of rotatable bonds is 5. The molecule has 1 aliphatic heterocycles. The summed E-state index contributed by atoms with van der Waals surface area (Å²) in [5.74, 6) is 0.112. The predicted molar refractivity (Wildman–Crippen MR) is 114 cm³/mol. The number of carbonyl (C=O) groups excluding carboxylic acids is 3. The molecule has 0 N–H and O–H groups in total. The number of benzene rings is 2. The number of imide groups is 1. The zero-order valence-corrected chi connectivity index (χ0v) is 18.0. The summed E-state index contributed by atoms with van der Waals surface area (Å²) in [6, 6.07) is 14.4. The summed E-state index contributed by atoms with van der Waals surface area (Å²) in [4.78, 5) is 39.9. The lowest BCUT2D eigenvalue weighted by Crippen LogP contribution is -2.46. The number of carbonyl (C=O) groups is 3. The number of ether oxygens (including phenoxy) is 2. The van der Waals surface area contributed by atoms with Crippen LogP contribution >= 0.6 is 0 Å². The number of anilines is 1. The molecule has 2 amide bonds. The van der Waals surface area contributed by atoms with Gasteiger partial charge in [0.25, 0.3) is 5.91 Å². The minimum absolute atomic E-state index is 0.0294.